The molecule has 2 aromatic rings. The van der Waals surface area contributed by atoms with Gasteiger partial charge in [0.25, 0.3) is 5.91 Å². The monoisotopic (exact) mass is 461 g/mol. The largest absolute Gasteiger partial charge is 0.417 e. The molecule has 1 heterocycles. The molecule has 0 spiro atoms. The first-order chi connectivity index (χ1) is 15.8. The molecule has 1 aliphatic carbocycles. The number of alkyl halides is 3. The van der Waals surface area contributed by atoms with Gasteiger partial charge in [-0.05, 0) is 50.3 Å². The summed E-state index contributed by atoms with van der Waals surface area (Å²) < 4.78 is 39.8. The molecule has 1 aromatic carbocycles. The van der Waals surface area contributed by atoms with E-state index in [1.165, 1.54) is 18.2 Å². The van der Waals surface area contributed by atoms with Gasteiger partial charge < -0.3 is 5.32 Å². The van der Waals surface area contributed by atoms with Crippen molar-refractivity contribution in [2.75, 3.05) is 6.54 Å². The van der Waals surface area contributed by atoms with E-state index < -0.39 is 23.4 Å². The van der Waals surface area contributed by atoms with E-state index in [0.717, 1.165) is 37.4 Å². The Bertz CT molecular complexity index is 937. The molecule has 0 aliphatic heterocycles. The number of hydrogen-bond acceptors (Lipinski definition) is 4. The maximum Gasteiger partial charge on any atom is 0.417 e. The zero-order valence-electron chi connectivity index (χ0n) is 18.8. The fourth-order valence-electron chi connectivity index (χ4n) is 4.34. The second-order valence-electron chi connectivity index (χ2n) is 8.62. The maximum atomic E-state index is 13.3. The molecule has 1 amide bonds. The van der Waals surface area contributed by atoms with Crippen LogP contribution in [0.3, 0.4) is 0 Å². The van der Waals surface area contributed by atoms with Gasteiger partial charge in [-0.15, -0.1) is 5.10 Å². The van der Waals surface area contributed by atoms with Crippen LogP contribution in [0.2, 0.25) is 0 Å². The van der Waals surface area contributed by atoms with Crippen molar-refractivity contribution in [3.05, 3.63) is 58.9 Å². The van der Waals surface area contributed by atoms with E-state index in [0.29, 0.717) is 32.2 Å². The van der Waals surface area contributed by atoms with Gasteiger partial charge >= 0.3 is 6.18 Å². The lowest BCUT2D eigenvalue weighted by molar-refractivity contribution is -0.138. The molecule has 0 radical (unpaired) electrons. The first kappa shape index (κ1) is 24.9. The Morgan fingerprint density at radius 2 is 1.70 bits per heavy atom. The number of carbonyl (C=O) groups excluding carboxylic acids is 2. The molecule has 3 rings (SSSR count). The summed E-state index contributed by atoms with van der Waals surface area (Å²) in [6, 6.07) is 8.41. The Balaban J connectivity index is 1.54. The second-order valence-corrected chi connectivity index (χ2v) is 8.62. The number of benzene rings is 1. The smallest absolute Gasteiger partial charge is 0.351 e. The summed E-state index contributed by atoms with van der Waals surface area (Å²) >= 11 is 0. The van der Waals surface area contributed by atoms with Crippen molar-refractivity contribution in [1.82, 2.24) is 15.5 Å². The highest BCUT2D eigenvalue weighted by atomic mass is 19.4. The number of rotatable bonds is 9. The van der Waals surface area contributed by atoms with Crippen molar-refractivity contribution < 1.29 is 22.8 Å². The molecule has 178 valence electrons. The zero-order valence-corrected chi connectivity index (χ0v) is 18.8. The Labute approximate surface area is 192 Å². The van der Waals surface area contributed by atoms with E-state index in [-0.39, 0.29) is 23.1 Å². The first-order valence-electron chi connectivity index (χ1n) is 11.6. The number of nitrogens with zero attached hydrogens (tertiary/aromatic N) is 2. The molecule has 0 saturated heterocycles. The molecule has 0 atom stereocenters. The lowest BCUT2D eigenvalue weighted by Gasteiger charge is -2.27. The Morgan fingerprint density at radius 3 is 2.33 bits per heavy atom. The van der Waals surface area contributed by atoms with E-state index in [1.54, 1.807) is 12.1 Å². The van der Waals surface area contributed by atoms with Gasteiger partial charge in [-0.2, -0.15) is 18.3 Å². The number of halogens is 3. The highest BCUT2D eigenvalue weighted by molar-refractivity contribution is 5.99. The van der Waals surface area contributed by atoms with Crippen LogP contribution < -0.4 is 5.32 Å². The van der Waals surface area contributed by atoms with Gasteiger partial charge in [0.1, 0.15) is 0 Å². The Kier molecular flexibility index (Phi) is 8.58. The molecule has 0 bridgehead atoms. The molecule has 5 nitrogen and oxygen atoms in total. The van der Waals surface area contributed by atoms with Crippen LogP contribution in [0.1, 0.15) is 96.3 Å². The summed E-state index contributed by atoms with van der Waals surface area (Å²) in [5.41, 5.74) is -0.113. The average Bonchev–Trinajstić information content (AvgIpc) is 2.83. The average molecular weight is 462 g/mol. The molecular formula is C25H30F3N3O2. The SMILES string of the molecule is CCCCCCNC(=O)c1ccc(C2CCC(C(=O)c3ccccc3C(F)(F)F)CC2)nn1. The van der Waals surface area contributed by atoms with Crippen LogP contribution in [0, 0.1) is 5.92 Å². The van der Waals surface area contributed by atoms with Crippen LogP contribution >= 0.6 is 0 Å². The van der Waals surface area contributed by atoms with Gasteiger partial charge in [-0.1, -0.05) is 44.4 Å². The first-order valence-corrected chi connectivity index (χ1v) is 11.6. The normalized spacial score (nSPS) is 18.7. The molecule has 8 heteroatoms. The number of ketones is 1. The number of unbranched alkanes of at least 4 members (excludes halogenated alkanes) is 3. The van der Waals surface area contributed by atoms with E-state index in [2.05, 4.69) is 22.4 Å². The predicted molar refractivity (Wildman–Crippen MR) is 119 cm³/mol. The number of hydrogen-bond donors (Lipinski definition) is 1. The highest BCUT2D eigenvalue weighted by Crippen LogP contribution is 2.38. The van der Waals surface area contributed by atoms with Crippen molar-refractivity contribution in [1.29, 1.82) is 0 Å². The number of Topliss-reactive ketones (excluding diaryl/α,β-unsaturated/α-hetero) is 1. The van der Waals surface area contributed by atoms with Crippen LogP contribution in [0.15, 0.2) is 36.4 Å². The predicted octanol–water partition coefficient (Wildman–Crippen LogP) is 5.96. The van der Waals surface area contributed by atoms with Crippen LogP contribution in [0.5, 0.6) is 0 Å². The molecule has 1 saturated carbocycles. The quantitative estimate of drug-likeness (QED) is 0.369. The summed E-state index contributed by atoms with van der Waals surface area (Å²) in [5.74, 6) is -1.05. The second kappa shape index (κ2) is 11.4. The van der Waals surface area contributed by atoms with Gasteiger partial charge in [0.2, 0.25) is 0 Å². The van der Waals surface area contributed by atoms with E-state index in [9.17, 15) is 22.8 Å². The third kappa shape index (κ3) is 6.62. The van der Waals surface area contributed by atoms with Crippen LogP contribution in [-0.2, 0) is 6.18 Å². The van der Waals surface area contributed by atoms with E-state index in [4.69, 9.17) is 0 Å². The molecule has 1 aliphatic rings. The molecule has 1 fully saturated rings. The summed E-state index contributed by atoms with van der Waals surface area (Å²) in [6.07, 6.45) is 2.02. The molecular weight excluding hydrogens is 431 g/mol. The van der Waals surface area contributed by atoms with Gasteiger partial charge in [-0.3, -0.25) is 9.59 Å². The van der Waals surface area contributed by atoms with Crippen molar-refractivity contribution in [2.24, 2.45) is 5.92 Å². The van der Waals surface area contributed by atoms with Crippen LogP contribution in [0.25, 0.3) is 0 Å². The van der Waals surface area contributed by atoms with Crippen molar-refractivity contribution in [3.8, 4) is 0 Å². The minimum absolute atomic E-state index is 0.0746. The Morgan fingerprint density at radius 1 is 0.970 bits per heavy atom. The summed E-state index contributed by atoms with van der Waals surface area (Å²) in [6.45, 7) is 2.74. The Hall–Kier alpha value is -2.77. The summed E-state index contributed by atoms with van der Waals surface area (Å²) in [7, 11) is 0. The molecule has 1 N–H and O–H groups in total. The molecule has 0 unspecified atom stereocenters. The number of aromatic nitrogens is 2. The number of carbonyl (C=O) groups is 2. The van der Waals surface area contributed by atoms with Gasteiger partial charge in [0.15, 0.2) is 11.5 Å². The third-order valence-corrected chi connectivity index (χ3v) is 6.25. The number of nitrogens with one attached hydrogen (secondary N) is 1. The number of amides is 1. The van der Waals surface area contributed by atoms with Crippen molar-refractivity contribution >= 4 is 11.7 Å². The minimum Gasteiger partial charge on any atom is -0.351 e. The fraction of sp³-hybridized carbons (Fsp3) is 0.520. The van der Waals surface area contributed by atoms with Gasteiger partial charge in [0.05, 0.1) is 11.3 Å². The van der Waals surface area contributed by atoms with Gasteiger partial charge in [-0.25, -0.2) is 0 Å². The molecule has 1 aromatic heterocycles. The maximum absolute atomic E-state index is 13.3. The van der Waals surface area contributed by atoms with Gasteiger partial charge in [0, 0.05) is 23.9 Å². The summed E-state index contributed by atoms with van der Waals surface area (Å²) in [4.78, 5) is 25.0. The molecule has 33 heavy (non-hydrogen) atoms. The summed E-state index contributed by atoms with van der Waals surface area (Å²) in [5, 5.41) is 11.1. The fourth-order valence-corrected chi connectivity index (χ4v) is 4.34. The highest BCUT2D eigenvalue weighted by Gasteiger charge is 2.37. The van der Waals surface area contributed by atoms with Crippen LogP contribution in [-0.4, -0.2) is 28.4 Å². The lowest BCUT2D eigenvalue weighted by Crippen LogP contribution is -2.26. The lowest BCUT2D eigenvalue weighted by atomic mass is 9.77. The van der Waals surface area contributed by atoms with Crippen LogP contribution in [0.4, 0.5) is 13.2 Å². The standard InChI is InChI=1S/C25H30F3N3O2/c1-2-3-4-7-16-29-24(33)22-15-14-21(30-31-22)17-10-12-18(13-11-17)23(32)19-8-5-6-9-20(19)25(26,27)28/h5-6,8-9,14-15,17-18H,2-4,7,10-13,16H2,1H3,(H,29,33). The van der Waals surface area contributed by atoms with E-state index >= 15 is 0 Å². The van der Waals surface area contributed by atoms with Crippen molar-refractivity contribution in [3.63, 3.8) is 0 Å². The zero-order chi connectivity index (χ0) is 23.8. The topological polar surface area (TPSA) is 72.0 Å². The third-order valence-electron chi connectivity index (χ3n) is 6.25. The minimum atomic E-state index is -4.55. The van der Waals surface area contributed by atoms with Crippen molar-refractivity contribution in [2.45, 2.75) is 70.4 Å². The van der Waals surface area contributed by atoms with E-state index in [1.807, 2.05) is 0 Å².